The van der Waals surface area contributed by atoms with Crippen LogP contribution in [0.5, 0.6) is 5.88 Å². The molecule has 3 aromatic rings. The van der Waals surface area contributed by atoms with Crippen LogP contribution in [0.1, 0.15) is 82.5 Å². The maximum Gasteiger partial charge on any atom is 0.281 e. The molecule has 6 rings (SSSR count). The predicted octanol–water partition coefficient (Wildman–Crippen LogP) is 4.69. The zero-order chi connectivity index (χ0) is 29.5. The second kappa shape index (κ2) is 10.9. The van der Waals surface area contributed by atoms with Crippen molar-refractivity contribution in [2.45, 2.75) is 88.7 Å². The summed E-state index contributed by atoms with van der Waals surface area (Å²) in [7, 11) is -4.23. The fourth-order valence-corrected chi connectivity index (χ4v) is 6.85. The van der Waals surface area contributed by atoms with Crippen molar-refractivity contribution in [3.8, 4) is 11.7 Å². The molecule has 11 nitrogen and oxygen atoms in total. The van der Waals surface area contributed by atoms with Crippen molar-refractivity contribution in [3.63, 3.8) is 0 Å². The van der Waals surface area contributed by atoms with Gasteiger partial charge in [0.15, 0.2) is 10.8 Å². The van der Waals surface area contributed by atoms with Crippen LogP contribution in [0.4, 0.5) is 11.6 Å². The zero-order valence-corrected chi connectivity index (χ0v) is 25.3. The molecule has 1 saturated carbocycles. The molecule has 2 N–H and O–H groups in total. The van der Waals surface area contributed by atoms with Crippen LogP contribution in [-0.4, -0.2) is 58.8 Å². The van der Waals surface area contributed by atoms with Crippen LogP contribution in [-0.2, 0) is 10.0 Å². The Morgan fingerprint density at radius 1 is 1.02 bits per heavy atom. The number of nitrogens with one attached hydrogen (secondary N) is 2. The van der Waals surface area contributed by atoms with Crippen molar-refractivity contribution in [2.24, 2.45) is 5.41 Å². The number of pyridine rings is 2. The average Bonchev–Trinajstić information content (AvgIpc) is 3.35. The standard InChI is InChI=1S/C30H39N7O4S/c1-29(2)14-12-21-7-4-5-18-31-23-8-6-9-26(32-23)42(39,40)35-28(38)22-10-11-24(33-27(22)37(21)29)36-19-13-25(34-36)41-20-17-30(3)15-16-30/h6,8-11,13,19,21H,4-5,7,12,14-18,20H2,1-3H3,(H,31,32)(H,35,38). The van der Waals surface area contributed by atoms with Crippen molar-refractivity contribution >= 4 is 27.6 Å². The van der Waals surface area contributed by atoms with Crippen LogP contribution in [0.2, 0.25) is 0 Å². The van der Waals surface area contributed by atoms with Crippen LogP contribution < -0.4 is 19.7 Å². The number of fused-ring (bicyclic) bond motifs is 5. The molecule has 0 spiro atoms. The van der Waals surface area contributed by atoms with E-state index in [4.69, 9.17) is 9.72 Å². The summed E-state index contributed by atoms with van der Waals surface area (Å²) < 4.78 is 36.3. The topological polar surface area (TPSA) is 131 Å². The van der Waals surface area contributed by atoms with Gasteiger partial charge in [0.25, 0.3) is 15.9 Å². The second-order valence-corrected chi connectivity index (χ2v) is 14.3. The Hall–Kier alpha value is -3.67. The van der Waals surface area contributed by atoms with Gasteiger partial charge in [-0.05, 0) is 94.9 Å². The third-order valence-corrected chi connectivity index (χ3v) is 10.0. The van der Waals surface area contributed by atoms with E-state index in [1.165, 1.54) is 18.9 Å². The summed E-state index contributed by atoms with van der Waals surface area (Å²) in [5.74, 6) is 1.19. The van der Waals surface area contributed by atoms with E-state index in [2.05, 4.69) is 45.8 Å². The Morgan fingerprint density at radius 3 is 2.67 bits per heavy atom. The number of amides is 1. The molecule has 3 aliphatic rings. The van der Waals surface area contributed by atoms with Crippen molar-refractivity contribution in [3.05, 3.63) is 48.2 Å². The Morgan fingerprint density at radius 2 is 1.86 bits per heavy atom. The molecule has 1 saturated heterocycles. The van der Waals surface area contributed by atoms with Gasteiger partial charge < -0.3 is 15.0 Å². The van der Waals surface area contributed by atoms with Gasteiger partial charge in [-0.15, -0.1) is 5.10 Å². The lowest BCUT2D eigenvalue weighted by Crippen LogP contribution is -2.45. The third kappa shape index (κ3) is 5.95. The molecule has 0 radical (unpaired) electrons. The number of rotatable bonds is 5. The maximum atomic E-state index is 13.7. The molecule has 1 aliphatic carbocycles. The smallest absolute Gasteiger partial charge is 0.281 e. The highest BCUT2D eigenvalue weighted by Crippen LogP contribution is 2.48. The molecule has 12 heteroatoms. The number of hydrogen-bond acceptors (Lipinski definition) is 9. The number of nitrogens with zero attached hydrogens (tertiary/aromatic N) is 5. The Balaban J connectivity index is 1.36. The molecule has 2 fully saturated rings. The van der Waals surface area contributed by atoms with E-state index >= 15 is 0 Å². The van der Waals surface area contributed by atoms with E-state index in [0.29, 0.717) is 41.9 Å². The summed E-state index contributed by atoms with van der Waals surface area (Å²) in [6, 6.07) is 9.98. The molecule has 1 amide bonds. The first kappa shape index (κ1) is 28.4. The van der Waals surface area contributed by atoms with Crippen LogP contribution in [0.3, 0.4) is 0 Å². The first-order valence-corrected chi connectivity index (χ1v) is 16.3. The highest BCUT2D eigenvalue weighted by Gasteiger charge is 2.42. The first-order valence-electron chi connectivity index (χ1n) is 14.8. The second-order valence-electron chi connectivity index (χ2n) is 12.6. The summed E-state index contributed by atoms with van der Waals surface area (Å²) in [5, 5.41) is 7.58. The van der Waals surface area contributed by atoms with Gasteiger partial charge in [0.1, 0.15) is 11.6 Å². The van der Waals surface area contributed by atoms with Crippen LogP contribution in [0.15, 0.2) is 47.6 Å². The van der Waals surface area contributed by atoms with Crippen LogP contribution >= 0.6 is 0 Å². The summed E-state index contributed by atoms with van der Waals surface area (Å²) >= 11 is 0. The molecular formula is C30H39N7O4S. The van der Waals surface area contributed by atoms with Gasteiger partial charge >= 0.3 is 0 Å². The Labute approximate surface area is 247 Å². The zero-order valence-electron chi connectivity index (χ0n) is 24.5. The van der Waals surface area contributed by atoms with Crippen molar-refractivity contribution in [1.29, 1.82) is 0 Å². The molecule has 224 valence electrons. The molecular weight excluding hydrogens is 554 g/mol. The molecule has 2 bridgehead atoms. The fourth-order valence-electron chi connectivity index (χ4n) is 5.91. The van der Waals surface area contributed by atoms with Gasteiger partial charge in [0, 0.05) is 30.4 Å². The number of aromatic nitrogens is 4. The number of carbonyl (C=O) groups excluding carboxylic acids is 1. The van der Waals surface area contributed by atoms with Crippen LogP contribution in [0.25, 0.3) is 5.82 Å². The number of hydrogen-bond donors (Lipinski definition) is 2. The molecule has 1 atom stereocenters. The van der Waals surface area contributed by atoms with Gasteiger partial charge in [0.2, 0.25) is 5.88 Å². The quantitative estimate of drug-likeness (QED) is 0.432. The molecule has 5 heterocycles. The lowest BCUT2D eigenvalue weighted by Gasteiger charge is -2.38. The van der Waals surface area contributed by atoms with E-state index in [1.807, 2.05) is 6.07 Å². The van der Waals surface area contributed by atoms with E-state index in [0.717, 1.165) is 38.5 Å². The average molecular weight is 594 g/mol. The largest absolute Gasteiger partial charge is 0.477 e. The van der Waals surface area contributed by atoms with Gasteiger partial charge in [-0.1, -0.05) is 13.0 Å². The summed E-state index contributed by atoms with van der Waals surface area (Å²) in [4.78, 5) is 25.1. The van der Waals surface area contributed by atoms with Gasteiger partial charge in [0.05, 0.1) is 12.2 Å². The monoisotopic (exact) mass is 593 g/mol. The highest BCUT2D eigenvalue weighted by molar-refractivity contribution is 7.90. The minimum absolute atomic E-state index is 0.149. The Bertz CT molecular complexity index is 1580. The molecule has 3 aromatic heterocycles. The molecule has 0 aromatic carbocycles. The van der Waals surface area contributed by atoms with E-state index in [9.17, 15) is 13.2 Å². The summed E-state index contributed by atoms with van der Waals surface area (Å²) in [6.45, 7) is 7.84. The van der Waals surface area contributed by atoms with Gasteiger partial charge in [-0.3, -0.25) is 4.79 Å². The lowest BCUT2D eigenvalue weighted by molar-refractivity contribution is 0.0981. The molecule has 2 aliphatic heterocycles. The molecule has 42 heavy (non-hydrogen) atoms. The number of ether oxygens (including phenoxy) is 1. The van der Waals surface area contributed by atoms with Gasteiger partial charge in [-0.25, -0.2) is 19.4 Å². The summed E-state index contributed by atoms with van der Waals surface area (Å²) in [5.41, 5.74) is 0.296. The van der Waals surface area contributed by atoms with E-state index in [-0.39, 0.29) is 22.2 Å². The lowest BCUT2D eigenvalue weighted by atomic mass is 10.0. The minimum atomic E-state index is -4.23. The fraction of sp³-hybridized carbons (Fsp3) is 0.533. The maximum absolute atomic E-state index is 13.7. The van der Waals surface area contributed by atoms with Crippen LogP contribution in [0, 0.1) is 5.41 Å². The van der Waals surface area contributed by atoms with Crippen molar-refractivity contribution in [1.82, 2.24) is 24.5 Å². The number of sulfonamides is 1. The number of carbonyl (C=O) groups is 1. The molecule has 1 unspecified atom stereocenters. The normalized spacial score (nSPS) is 22.5. The van der Waals surface area contributed by atoms with E-state index in [1.54, 1.807) is 35.1 Å². The van der Waals surface area contributed by atoms with Crippen molar-refractivity contribution in [2.75, 3.05) is 23.4 Å². The summed E-state index contributed by atoms with van der Waals surface area (Å²) in [6.07, 6.45) is 9.93. The SMILES string of the molecule is CC1(CCOc2ccn(-c3ccc4c(n3)N3C(CCCCNc5cccc(n5)S(=O)(=O)NC4=O)CCC3(C)C)n2)CC1. The van der Waals surface area contributed by atoms with E-state index < -0.39 is 15.9 Å². The first-order chi connectivity index (χ1) is 20.0. The number of anilines is 2. The highest BCUT2D eigenvalue weighted by atomic mass is 32.2. The van der Waals surface area contributed by atoms with Gasteiger partial charge in [-0.2, -0.15) is 8.42 Å². The third-order valence-electron chi connectivity index (χ3n) is 8.79. The Kier molecular flexibility index (Phi) is 7.36. The minimum Gasteiger partial charge on any atom is -0.477 e. The predicted molar refractivity (Wildman–Crippen MR) is 160 cm³/mol. The van der Waals surface area contributed by atoms with Crippen molar-refractivity contribution < 1.29 is 17.9 Å².